The minimum absolute atomic E-state index is 0.0458. The van der Waals surface area contributed by atoms with Gasteiger partial charge in [0.05, 0.1) is 11.9 Å². The Hall–Kier alpha value is -1.98. The Morgan fingerprint density at radius 1 is 1.08 bits per heavy atom. The van der Waals surface area contributed by atoms with E-state index in [0.717, 1.165) is 10.9 Å². The fraction of sp³-hybridized carbons (Fsp3) is 0.263. The Labute approximate surface area is 150 Å². The second kappa shape index (κ2) is 6.97. The summed E-state index contributed by atoms with van der Waals surface area (Å²) in [6.07, 6.45) is -2.03. The Kier molecular flexibility index (Phi) is 5.04. The van der Waals surface area contributed by atoms with Crippen LogP contribution in [0.2, 0.25) is 0 Å². The molecule has 0 fully saturated rings. The summed E-state index contributed by atoms with van der Waals surface area (Å²) in [7, 11) is -4.42. The molecule has 1 heterocycles. The van der Waals surface area contributed by atoms with Gasteiger partial charge in [0.1, 0.15) is 11.9 Å². The summed E-state index contributed by atoms with van der Waals surface area (Å²) in [6, 6.07) is 13.3. The molecule has 26 heavy (non-hydrogen) atoms. The predicted octanol–water partition coefficient (Wildman–Crippen LogP) is 4.24. The lowest BCUT2D eigenvalue weighted by Gasteiger charge is -2.20. The van der Waals surface area contributed by atoms with Crippen LogP contribution in [0.25, 0.3) is 22.0 Å². The van der Waals surface area contributed by atoms with Crippen LogP contribution >= 0.6 is 7.60 Å². The highest BCUT2D eigenvalue weighted by Gasteiger charge is 2.29. The van der Waals surface area contributed by atoms with Crippen molar-refractivity contribution in [2.75, 3.05) is 6.16 Å². The van der Waals surface area contributed by atoms with Crippen molar-refractivity contribution in [2.24, 2.45) is 0 Å². The van der Waals surface area contributed by atoms with Gasteiger partial charge in [0.2, 0.25) is 0 Å². The number of hydrogen-bond acceptors (Lipinski definition) is 2. The maximum atomic E-state index is 13.4. The van der Waals surface area contributed by atoms with E-state index in [1.54, 1.807) is 12.1 Å². The van der Waals surface area contributed by atoms with E-state index in [2.05, 4.69) is 0 Å². The first-order valence-corrected chi connectivity index (χ1v) is 10.1. The highest BCUT2D eigenvalue weighted by Crippen LogP contribution is 2.45. The number of benzene rings is 2. The number of aromatic nitrogens is 1. The average molecular weight is 377 g/mol. The number of hydrogen-bond donors (Lipinski definition) is 3. The third kappa shape index (κ3) is 3.60. The standard InChI is InChI=1S/C19H21FNO4P/c1-12(2)21-16-6-4-3-5-15(16)18(13-7-9-14(20)10-8-13)19(21)17(22)11-26(23,24)25/h3-10,12,17,22H,11H2,1-2H3,(H2,23,24,25). The van der Waals surface area contributed by atoms with E-state index in [1.807, 2.05) is 42.7 Å². The molecule has 3 rings (SSSR count). The lowest BCUT2D eigenvalue weighted by atomic mass is 10.00. The highest BCUT2D eigenvalue weighted by atomic mass is 31.2. The summed E-state index contributed by atoms with van der Waals surface area (Å²) >= 11 is 0. The second-order valence-electron chi connectivity index (χ2n) is 6.61. The van der Waals surface area contributed by atoms with E-state index >= 15 is 0 Å². The SMILES string of the molecule is CC(C)n1c(C(O)CP(=O)(O)O)c(-c2ccc(F)cc2)c2ccccc21. The fourth-order valence-corrected chi connectivity index (χ4v) is 4.02. The van der Waals surface area contributed by atoms with Gasteiger partial charge in [-0.2, -0.15) is 0 Å². The van der Waals surface area contributed by atoms with E-state index in [-0.39, 0.29) is 11.9 Å². The molecular formula is C19H21FNO4P. The second-order valence-corrected chi connectivity index (χ2v) is 8.31. The molecule has 0 spiro atoms. The van der Waals surface area contributed by atoms with E-state index in [4.69, 9.17) is 0 Å². The van der Waals surface area contributed by atoms with Crippen LogP contribution in [0.3, 0.4) is 0 Å². The van der Waals surface area contributed by atoms with Crippen LogP contribution in [-0.2, 0) is 4.57 Å². The highest BCUT2D eigenvalue weighted by molar-refractivity contribution is 7.51. The van der Waals surface area contributed by atoms with Gasteiger partial charge in [-0.15, -0.1) is 0 Å². The van der Waals surface area contributed by atoms with Gasteiger partial charge in [-0.3, -0.25) is 4.57 Å². The topological polar surface area (TPSA) is 82.7 Å². The first-order valence-electron chi connectivity index (χ1n) is 8.30. The van der Waals surface area contributed by atoms with Crippen LogP contribution in [0.15, 0.2) is 48.5 Å². The maximum Gasteiger partial charge on any atom is 0.328 e. The minimum atomic E-state index is -4.42. The Morgan fingerprint density at radius 2 is 1.69 bits per heavy atom. The van der Waals surface area contributed by atoms with Gasteiger partial charge in [0.15, 0.2) is 0 Å². The van der Waals surface area contributed by atoms with Crippen LogP contribution in [0.4, 0.5) is 4.39 Å². The molecule has 0 aliphatic carbocycles. The van der Waals surface area contributed by atoms with Crippen LogP contribution < -0.4 is 0 Å². The first kappa shape index (κ1) is 18.8. The van der Waals surface area contributed by atoms with E-state index in [9.17, 15) is 23.8 Å². The number of nitrogens with zero attached hydrogens (tertiary/aromatic N) is 1. The van der Waals surface area contributed by atoms with Crippen LogP contribution in [0.5, 0.6) is 0 Å². The summed E-state index contributed by atoms with van der Waals surface area (Å²) in [6.45, 7) is 3.88. The van der Waals surface area contributed by atoms with Gasteiger partial charge >= 0.3 is 7.60 Å². The molecule has 0 aliphatic rings. The van der Waals surface area contributed by atoms with E-state index < -0.39 is 19.9 Å². The average Bonchev–Trinajstić information content (AvgIpc) is 2.89. The number of aliphatic hydroxyl groups is 1. The van der Waals surface area contributed by atoms with Crippen molar-refractivity contribution in [3.05, 3.63) is 60.0 Å². The fourth-order valence-electron chi connectivity index (χ4n) is 3.40. The van der Waals surface area contributed by atoms with Gasteiger partial charge < -0.3 is 19.5 Å². The molecular weight excluding hydrogens is 356 g/mol. The normalized spacial score (nSPS) is 13.5. The van der Waals surface area contributed by atoms with Gasteiger partial charge in [-0.25, -0.2) is 4.39 Å². The number of rotatable bonds is 5. The molecule has 0 saturated carbocycles. The molecule has 3 aromatic rings. The lowest BCUT2D eigenvalue weighted by molar-refractivity contribution is 0.182. The molecule has 7 heteroatoms. The molecule has 0 bridgehead atoms. The molecule has 1 unspecified atom stereocenters. The molecule has 0 aliphatic heterocycles. The van der Waals surface area contributed by atoms with Crippen LogP contribution in [0.1, 0.15) is 31.7 Å². The van der Waals surface area contributed by atoms with E-state index in [0.29, 0.717) is 16.8 Å². The summed E-state index contributed by atoms with van der Waals surface area (Å²) in [4.78, 5) is 18.7. The van der Waals surface area contributed by atoms with Crippen molar-refractivity contribution in [3.8, 4) is 11.1 Å². The molecule has 0 radical (unpaired) electrons. The van der Waals surface area contributed by atoms with Gasteiger partial charge in [-0.1, -0.05) is 30.3 Å². The van der Waals surface area contributed by atoms with Crippen LogP contribution in [0, 0.1) is 5.82 Å². The maximum absolute atomic E-state index is 13.4. The van der Waals surface area contributed by atoms with Crippen molar-refractivity contribution in [3.63, 3.8) is 0 Å². The van der Waals surface area contributed by atoms with Crippen LogP contribution in [-0.4, -0.2) is 25.6 Å². The Balaban J connectivity index is 2.35. The van der Waals surface area contributed by atoms with Crippen molar-refractivity contribution >= 4 is 18.5 Å². The van der Waals surface area contributed by atoms with Crippen molar-refractivity contribution < 1.29 is 23.8 Å². The van der Waals surface area contributed by atoms with Crippen molar-refractivity contribution in [1.29, 1.82) is 0 Å². The molecule has 5 nitrogen and oxygen atoms in total. The predicted molar refractivity (Wildman–Crippen MR) is 99.6 cm³/mol. The quantitative estimate of drug-likeness (QED) is 0.581. The lowest BCUT2D eigenvalue weighted by Crippen LogP contribution is -2.14. The van der Waals surface area contributed by atoms with Gasteiger partial charge in [0, 0.05) is 22.5 Å². The Morgan fingerprint density at radius 3 is 2.27 bits per heavy atom. The molecule has 138 valence electrons. The summed E-state index contributed by atoms with van der Waals surface area (Å²) in [5.74, 6) is -0.376. The van der Waals surface area contributed by atoms with Crippen molar-refractivity contribution in [2.45, 2.75) is 26.0 Å². The first-order chi connectivity index (χ1) is 12.2. The number of aliphatic hydroxyl groups excluding tert-OH is 1. The third-order valence-electron chi connectivity index (χ3n) is 4.32. The summed E-state index contributed by atoms with van der Waals surface area (Å²) in [5.41, 5.74) is 2.62. The monoisotopic (exact) mass is 377 g/mol. The molecule has 0 saturated heterocycles. The van der Waals surface area contributed by atoms with E-state index in [1.165, 1.54) is 12.1 Å². The number of para-hydroxylation sites is 1. The zero-order chi connectivity index (χ0) is 19.1. The van der Waals surface area contributed by atoms with Gasteiger partial charge in [0.25, 0.3) is 0 Å². The number of halogens is 1. The largest absolute Gasteiger partial charge is 0.386 e. The number of fused-ring (bicyclic) bond motifs is 1. The minimum Gasteiger partial charge on any atom is -0.386 e. The summed E-state index contributed by atoms with van der Waals surface area (Å²) < 4.78 is 26.7. The molecule has 2 aromatic carbocycles. The zero-order valence-corrected chi connectivity index (χ0v) is 15.4. The zero-order valence-electron chi connectivity index (χ0n) is 14.5. The smallest absolute Gasteiger partial charge is 0.328 e. The third-order valence-corrected chi connectivity index (χ3v) is 5.15. The molecule has 1 aromatic heterocycles. The van der Waals surface area contributed by atoms with Gasteiger partial charge in [-0.05, 0) is 37.6 Å². The summed E-state index contributed by atoms with van der Waals surface area (Å²) in [5, 5.41) is 11.5. The molecule has 1 atom stereocenters. The molecule has 3 N–H and O–H groups in total. The molecule has 0 amide bonds. The van der Waals surface area contributed by atoms with Crippen molar-refractivity contribution in [1.82, 2.24) is 4.57 Å². The Bertz CT molecular complexity index is 975.